The Morgan fingerprint density at radius 3 is 2.67 bits per heavy atom. The van der Waals surface area contributed by atoms with E-state index in [9.17, 15) is 9.18 Å². The fourth-order valence-corrected chi connectivity index (χ4v) is 3.44. The van der Waals surface area contributed by atoms with E-state index in [0.29, 0.717) is 0 Å². The zero-order valence-electron chi connectivity index (χ0n) is 12.3. The van der Waals surface area contributed by atoms with Crippen molar-refractivity contribution in [3.63, 3.8) is 0 Å². The molecule has 0 bridgehead atoms. The lowest BCUT2D eigenvalue weighted by Crippen LogP contribution is -2.39. The number of carbonyl (C=O) groups excluding carboxylic acids is 1. The Kier molecular flexibility index (Phi) is 4.89. The van der Waals surface area contributed by atoms with Crippen LogP contribution in [-0.2, 0) is 0 Å². The molecule has 21 heavy (non-hydrogen) atoms. The molecule has 1 aromatic carbocycles. The van der Waals surface area contributed by atoms with Crippen molar-refractivity contribution in [1.29, 1.82) is 0 Å². The number of carbonyl (C=O) groups is 1. The highest BCUT2D eigenvalue weighted by Crippen LogP contribution is 2.39. The quantitative estimate of drug-likeness (QED) is 0.865. The smallest absolute Gasteiger partial charge is 0.256 e. The largest absolute Gasteiger partial charge is 0.338 e. The van der Waals surface area contributed by atoms with Gasteiger partial charge in [-0.3, -0.25) is 4.79 Å². The van der Waals surface area contributed by atoms with Crippen molar-refractivity contribution in [2.45, 2.75) is 26.2 Å². The van der Waals surface area contributed by atoms with Crippen molar-refractivity contribution in [2.24, 2.45) is 5.41 Å². The molecule has 1 amide bonds. The van der Waals surface area contributed by atoms with Gasteiger partial charge >= 0.3 is 0 Å². The number of amides is 1. The molecule has 0 aliphatic carbocycles. The van der Waals surface area contributed by atoms with Gasteiger partial charge in [-0.25, -0.2) is 4.39 Å². The second kappa shape index (κ2) is 6.32. The molecule has 1 N–H and O–H groups in total. The molecule has 116 valence electrons. The molecule has 0 unspecified atom stereocenters. The van der Waals surface area contributed by atoms with Crippen LogP contribution in [0.5, 0.6) is 0 Å². The highest BCUT2D eigenvalue weighted by Gasteiger charge is 2.40. The van der Waals surface area contributed by atoms with Gasteiger partial charge in [-0.05, 0) is 62.4 Å². The van der Waals surface area contributed by atoms with E-state index < -0.39 is 5.82 Å². The zero-order chi connectivity index (χ0) is 14.2. The maximum Gasteiger partial charge on any atom is 0.256 e. The fraction of sp³-hybridized carbons (Fsp3) is 0.562. The topological polar surface area (TPSA) is 32.3 Å². The van der Waals surface area contributed by atoms with Crippen LogP contribution < -0.4 is 5.32 Å². The average molecular weight is 313 g/mol. The van der Waals surface area contributed by atoms with Crippen LogP contribution in [0.4, 0.5) is 4.39 Å². The van der Waals surface area contributed by atoms with Gasteiger partial charge in [0.15, 0.2) is 0 Å². The third-order valence-corrected chi connectivity index (χ3v) is 4.74. The van der Waals surface area contributed by atoms with Crippen molar-refractivity contribution < 1.29 is 9.18 Å². The van der Waals surface area contributed by atoms with Crippen LogP contribution >= 0.6 is 12.4 Å². The van der Waals surface area contributed by atoms with Crippen molar-refractivity contribution in [1.82, 2.24) is 10.2 Å². The van der Waals surface area contributed by atoms with Crippen LogP contribution in [0.15, 0.2) is 18.2 Å². The summed E-state index contributed by atoms with van der Waals surface area (Å²) < 4.78 is 13.9. The minimum Gasteiger partial charge on any atom is -0.338 e. The lowest BCUT2D eigenvalue weighted by atomic mass is 9.78. The Hall–Kier alpha value is -1.13. The van der Waals surface area contributed by atoms with Crippen molar-refractivity contribution >= 4 is 18.3 Å². The number of hydrogen-bond acceptors (Lipinski definition) is 2. The molecule has 2 fully saturated rings. The van der Waals surface area contributed by atoms with Crippen LogP contribution in [0.3, 0.4) is 0 Å². The first kappa shape index (κ1) is 16.2. The van der Waals surface area contributed by atoms with Gasteiger partial charge in [-0.2, -0.15) is 0 Å². The minimum atomic E-state index is -0.402. The first-order valence-electron chi connectivity index (χ1n) is 7.36. The minimum absolute atomic E-state index is 0. The van der Waals surface area contributed by atoms with Crippen molar-refractivity contribution in [2.75, 3.05) is 26.2 Å². The average Bonchev–Trinajstić information content (AvgIpc) is 2.83. The molecule has 1 spiro atoms. The van der Waals surface area contributed by atoms with Crippen LogP contribution in [0.1, 0.15) is 35.2 Å². The van der Waals surface area contributed by atoms with Gasteiger partial charge in [0.2, 0.25) is 0 Å². The van der Waals surface area contributed by atoms with E-state index in [2.05, 4.69) is 5.32 Å². The molecule has 2 aliphatic heterocycles. The highest BCUT2D eigenvalue weighted by atomic mass is 35.5. The molecular weight excluding hydrogens is 291 g/mol. The molecule has 3 nitrogen and oxygen atoms in total. The van der Waals surface area contributed by atoms with E-state index in [0.717, 1.165) is 51.0 Å². The van der Waals surface area contributed by atoms with Gasteiger partial charge in [-0.1, -0.05) is 6.07 Å². The molecule has 3 rings (SSSR count). The Labute approximate surface area is 131 Å². The molecule has 2 heterocycles. The molecule has 0 aromatic heterocycles. The Morgan fingerprint density at radius 1 is 1.29 bits per heavy atom. The summed E-state index contributed by atoms with van der Waals surface area (Å²) in [5.74, 6) is -0.556. The lowest BCUT2D eigenvalue weighted by molar-refractivity contribution is 0.0757. The monoisotopic (exact) mass is 312 g/mol. The number of halogens is 2. The van der Waals surface area contributed by atoms with Crippen LogP contribution in [0.2, 0.25) is 0 Å². The van der Waals surface area contributed by atoms with Crippen molar-refractivity contribution in [3.05, 3.63) is 35.1 Å². The summed E-state index contributed by atoms with van der Waals surface area (Å²) in [5, 5.41) is 3.36. The summed E-state index contributed by atoms with van der Waals surface area (Å²) in [6.45, 7) is 5.42. The molecule has 0 saturated carbocycles. The summed E-state index contributed by atoms with van der Waals surface area (Å²) >= 11 is 0. The molecule has 0 radical (unpaired) electrons. The van der Waals surface area contributed by atoms with Gasteiger partial charge in [0.1, 0.15) is 5.82 Å². The summed E-state index contributed by atoms with van der Waals surface area (Å²) in [6.07, 6.45) is 3.29. The van der Waals surface area contributed by atoms with E-state index in [1.54, 1.807) is 12.1 Å². The van der Waals surface area contributed by atoms with E-state index >= 15 is 0 Å². The third-order valence-electron chi connectivity index (χ3n) is 4.74. The normalized spacial score (nSPS) is 20.4. The Balaban J connectivity index is 0.00000161. The summed E-state index contributed by atoms with van der Waals surface area (Å²) in [7, 11) is 0. The summed E-state index contributed by atoms with van der Waals surface area (Å²) in [6, 6.07) is 4.84. The molecule has 5 heteroatoms. The lowest BCUT2D eigenvalue weighted by Gasteiger charge is -2.33. The van der Waals surface area contributed by atoms with Crippen LogP contribution in [-0.4, -0.2) is 37.0 Å². The van der Waals surface area contributed by atoms with Gasteiger partial charge in [0, 0.05) is 13.1 Å². The second-order valence-electron chi connectivity index (χ2n) is 6.21. The standard InChI is InChI=1S/C16H21FN2O.ClH/c1-12-2-3-13(14(17)10-12)15(20)19-9-6-16(11-19)4-7-18-8-5-16;/h2-3,10,18H,4-9,11H2,1H3;1H. The fourth-order valence-electron chi connectivity index (χ4n) is 3.44. The molecule has 2 aliphatic rings. The summed E-state index contributed by atoms with van der Waals surface area (Å²) in [5.41, 5.74) is 1.32. The Bertz CT molecular complexity index is 529. The number of nitrogens with zero attached hydrogens (tertiary/aromatic N) is 1. The molecule has 2 saturated heterocycles. The van der Waals surface area contributed by atoms with Crippen LogP contribution in [0.25, 0.3) is 0 Å². The van der Waals surface area contributed by atoms with Gasteiger partial charge in [-0.15, -0.1) is 12.4 Å². The molecule has 1 aromatic rings. The predicted molar refractivity (Wildman–Crippen MR) is 83.4 cm³/mol. The summed E-state index contributed by atoms with van der Waals surface area (Å²) in [4.78, 5) is 14.3. The zero-order valence-corrected chi connectivity index (χ0v) is 13.1. The van der Waals surface area contributed by atoms with Gasteiger partial charge in [0.25, 0.3) is 5.91 Å². The Morgan fingerprint density at radius 2 is 2.00 bits per heavy atom. The van der Waals surface area contributed by atoms with Crippen molar-refractivity contribution in [3.8, 4) is 0 Å². The number of hydrogen-bond donors (Lipinski definition) is 1. The molecular formula is C16H22ClFN2O. The van der Waals surface area contributed by atoms with E-state index in [1.807, 2.05) is 11.8 Å². The van der Waals surface area contributed by atoms with E-state index in [1.165, 1.54) is 6.07 Å². The predicted octanol–water partition coefficient (Wildman–Crippen LogP) is 2.77. The first-order valence-corrected chi connectivity index (χ1v) is 7.36. The number of benzene rings is 1. The number of piperidine rings is 1. The highest BCUT2D eigenvalue weighted by molar-refractivity contribution is 5.94. The van der Waals surface area contributed by atoms with Gasteiger partial charge in [0.05, 0.1) is 5.56 Å². The third kappa shape index (κ3) is 3.22. The number of nitrogens with one attached hydrogen (secondary N) is 1. The second-order valence-corrected chi connectivity index (χ2v) is 6.21. The number of likely N-dealkylation sites (tertiary alicyclic amines) is 1. The SMILES string of the molecule is Cc1ccc(C(=O)N2CCC3(CCNCC3)C2)c(F)c1.Cl. The van der Waals surface area contributed by atoms with Gasteiger partial charge < -0.3 is 10.2 Å². The number of aryl methyl sites for hydroxylation is 1. The van der Waals surface area contributed by atoms with Crippen LogP contribution in [0, 0.1) is 18.2 Å². The molecule has 0 atom stereocenters. The number of rotatable bonds is 1. The van der Waals surface area contributed by atoms with E-state index in [-0.39, 0.29) is 29.3 Å². The maximum absolute atomic E-state index is 13.9. The van der Waals surface area contributed by atoms with E-state index in [4.69, 9.17) is 0 Å². The maximum atomic E-state index is 13.9. The first-order chi connectivity index (χ1) is 9.60.